The molecule has 0 spiro atoms. The molecule has 0 aliphatic rings. The minimum absolute atomic E-state index is 0.234. The summed E-state index contributed by atoms with van der Waals surface area (Å²) in [7, 11) is 0. The van der Waals surface area contributed by atoms with Crippen molar-refractivity contribution >= 4 is 33.4 Å². The molecule has 1 heterocycles. The molecule has 0 atom stereocenters. The number of hydrogen-bond donors (Lipinski definition) is 3. The van der Waals surface area contributed by atoms with Gasteiger partial charge in [-0.25, -0.2) is 4.79 Å². The van der Waals surface area contributed by atoms with Gasteiger partial charge >= 0.3 is 6.03 Å². The molecule has 118 valence electrons. The number of aromatic nitrogens is 2. The number of rotatable bonds is 3. The summed E-state index contributed by atoms with van der Waals surface area (Å²) in [5.74, 6) is 0. The molecule has 3 N–H and O–H groups in total. The number of carbonyl (C=O) groups is 1. The van der Waals surface area contributed by atoms with E-state index in [9.17, 15) is 4.79 Å². The van der Waals surface area contributed by atoms with Crippen LogP contribution in [0.25, 0.3) is 21.7 Å². The van der Waals surface area contributed by atoms with Gasteiger partial charge in [0.15, 0.2) is 0 Å². The van der Waals surface area contributed by atoms with E-state index in [1.54, 1.807) is 6.20 Å². The van der Waals surface area contributed by atoms with E-state index in [1.165, 1.54) is 5.39 Å². The van der Waals surface area contributed by atoms with Crippen molar-refractivity contribution in [3.05, 3.63) is 72.4 Å². The number of urea groups is 1. The molecule has 5 nitrogen and oxygen atoms in total. The molecule has 4 aromatic rings. The van der Waals surface area contributed by atoms with Gasteiger partial charge in [-0.15, -0.1) is 0 Å². The fourth-order valence-electron chi connectivity index (χ4n) is 2.81. The fraction of sp³-hybridized carbons (Fsp3) is 0.0526. The van der Waals surface area contributed by atoms with Crippen LogP contribution in [0.3, 0.4) is 0 Å². The van der Waals surface area contributed by atoms with Crippen LogP contribution in [-0.2, 0) is 6.54 Å². The highest BCUT2D eigenvalue weighted by Crippen LogP contribution is 2.19. The Kier molecular flexibility index (Phi) is 3.59. The molecule has 3 aromatic carbocycles. The van der Waals surface area contributed by atoms with Crippen molar-refractivity contribution in [3.63, 3.8) is 0 Å². The molecule has 0 radical (unpaired) electrons. The normalized spacial score (nSPS) is 10.8. The van der Waals surface area contributed by atoms with Crippen molar-refractivity contribution in [3.8, 4) is 0 Å². The van der Waals surface area contributed by atoms with E-state index in [4.69, 9.17) is 0 Å². The summed E-state index contributed by atoms with van der Waals surface area (Å²) in [5.41, 5.74) is 2.70. The quantitative estimate of drug-likeness (QED) is 0.534. The fourth-order valence-corrected chi connectivity index (χ4v) is 2.81. The van der Waals surface area contributed by atoms with Gasteiger partial charge in [-0.1, -0.05) is 42.5 Å². The van der Waals surface area contributed by atoms with Crippen LogP contribution in [0.4, 0.5) is 10.5 Å². The van der Waals surface area contributed by atoms with E-state index in [-0.39, 0.29) is 6.03 Å². The summed E-state index contributed by atoms with van der Waals surface area (Å²) < 4.78 is 0. The molecule has 0 bridgehead atoms. The van der Waals surface area contributed by atoms with Crippen LogP contribution >= 0.6 is 0 Å². The molecule has 0 unspecified atom stereocenters. The highest BCUT2D eigenvalue weighted by molar-refractivity contribution is 5.93. The second kappa shape index (κ2) is 6.04. The predicted octanol–water partition coefficient (Wildman–Crippen LogP) is 4.04. The Balaban J connectivity index is 1.46. The van der Waals surface area contributed by atoms with Gasteiger partial charge in [0, 0.05) is 17.6 Å². The molecular formula is C19H16N4O. The van der Waals surface area contributed by atoms with Gasteiger partial charge < -0.3 is 10.6 Å². The molecule has 0 saturated heterocycles. The van der Waals surface area contributed by atoms with E-state index >= 15 is 0 Å². The van der Waals surface area contributed by atoms with Crippen LogP contribution in [-0.4, -0.2) is 16.2 Å². The smallest absolute Gasteiger partial charge is 0.319 e. The number of hydrogen-bond acceptors (Lipinski definition) is 2. The van der Waals surface area contributed by atoms with Gasteiger partial charge in [-0.2, -0.15) is 5.10 Å². The molecule has 5 heteroatoms. The van der Waals surface area contributed by atoms with Crippen molar-refractivity contribution in [1.29, 1.82) is 0 Å². The van der Waals surface area contributed by atoms with E-state index in [0.717, 1.165) is 27.5 Å². The van der Waals surface area contributed by atoms with Gasteiger partial charge in [0.1, 0.15) is 0 Å². The average Bonchev–Trinajstić information content (AvgIpc) is 3.07. The van der Waals surface area contributed by atoms with Gasteiger partial charge in [-0.05, 0) is 34.5 Å². The zero-order chi connectivity index (χ0) is 16.4. The Morgan fingerprint density at radius 3 is 2.83 bits per heavy atom. The Morgan fingerprint density at radius 1 is 1.00 bits per heavy atom. The van der Waals surface area contributed by atoms with Crippen molar-refractivity contribution < 1.29 is 4.79 Å². The Bertz CT molecular complexity index is 1020. The van der Waals surface area contributed by atoms with Crippen LogP contribution in [0.5, 0.6) is 0 Å². The van der Waals surface area contributed by atoms with Gasteiger partial charge in [0.25, 0.3) is 0 Å². The maximum Gasteiger partial charge on any atom is 0.319 e. The maximum absolute atomic E-state index is 12.1. The molecule has 1 aromatic heterocycles. The van der Waals surface area contributed by atoms with E-state index in [0.29, 0.717) is 6.54 Å². The summed E-state index contributed by atoms with van der Waals surface area (Å²) in [6.07, 6.45) is 1.75. The second-order valence-corrected chi connectivity index (χ2v) is 5.62. The molecule has 2 amide bonds. The minimum atomic E-state index is -0.234. The van der Waals surface area contributed by atoms with Crippen molar-refractivity contribution in [2.45, 2.75) is 6.54 Å². The highest BCUT2D eigenvalue weighted by Gasteiger charge is 2.05. The zero-order valence-corrected chi connectivity index (χ0v) is 12.9. The second-order valence-electron chi connectivity index (χ2n) is 5.62. The number of H-pyrrole nitrogens is 1. The molecule has 0 fully saturated rings. The first-order chi connectivity index (χ1) is 11.8. The van der Waals surface area contributed by atoms with Gasteiger partial charge in [0.2, 0.25) is 0 Å². The maximum atomic E-state index is 12.1. The first-order valence-electron chi connectivity index (χ1n) is 7.74. The summed E-state index contributed by atoms with van der Waals surface area (Å²) in [6.45, 7) is 0.472. The Morgan fingerprint density at radius 2 is 1.88 bits per heavy atom. The third-order valence-corrected chi connectivity index (χ3v) is 4.02. The van der Waals surface area contributed by atoms with Crippen molar-refractivity contribution in [2.75, 3.05) is 5.32 Å². The van der Waals surface area contributed by atoms with Crippen LogP contribution in [0.15, 0.2) is 66.9 Å². The monoisotopic (exact) mass is 316 g/mol. The average molecular weight is 316 g/mol. The van der Waals surface area contributed by atoms with E-state index < -0.39 is 0 Å². The number of nitrogens with one attached hydrogen (secondary N) is 3. The largest absolute Gasteiger partial charge is 0.334 e. The Hall–Kier alpha value is -3.34. The van der Waals surface area contributed by atoms with Crippen LogP contribution < -0.4 is 10.6 Å². The number of nitrogens with zero attached hydrogens (tertiary/aromatic N) is 1. The first-order valence-corrected chi connectivity index (χ1v) is 7.74. The summed E-state index contributed by atoms with van der Waals surface area (Å²) in [5, 5.41) is 15.9. The summed E-state index contributed by atoms with van der Waals surface area (Å²) in [6, 6.07) is 19.6. The lowest BCUT2D eigenvalue weighted by molar-refractivity contribution is 0.252. The number of amides is 2. The molecular weight excluding hydrogens is 300 g/mol. The standard InChI is InChI=1S/C19H16N4O/c24-19(22-16-9-8-15-12-21-23-18(15)10-16)20-11-14-6-3-5-13-4-1-2-7-17(13)14/h1-10,12H,11H2,(H,21,23)(H2,20,22,24). The lowest BCUT2D eigenvalue weighted by Gasteiger charge is -2.10. The number of anilines is 1. The molecule has 24 heavy (non-hydrogen) atoms. The molecule has 0 saturated carbocycles. The highest BCUT2D eigenvalue weighted by atomic mass is 16.2. The van der Waals surface area contributed by atoms with E-state index in [1.807, 2.05) is 42.5 Å². The van der Waals surface area contributed by atoms with Crippen LogP contribution in [0.1, 0.15) is 5.56 Å². The van der Waals surface area contributed by atoms with Crippen molar-refractivity contribution in [2.24, 2.45) is 0 Å². The lowest BCUT2D eigenvalue weighted by atomic mass is 10.0. The first kappa shape index (κ1) is 14.3. The Labute approximate surface area is 138 Å². The predicted molar refractivity (Wildman–Crippen MR) is 95.9 cm³/mol. The number of aromatic amines is 1. The zero-order valence-electron chi connectivity index (χ0n) is 12.9. The number of fused-ring (bicyclic) bond motifs is 2. The topological polar surface area (TPSA) is 69.8 Å². The molecule has 4 rings (SSSR count). The number of benzene rings is 3. The third-order valence-electron chi connectivity index (χ3n) is 4.02. The van der Waals surface area contributed by atoms with Crippen LogP contribution in [0.2, 0.25) is 0 Å². The summed E-state index contributed by atoms with van der Waals surface area (Å²) >= 11 is 0. The third kappa shape index (κ3) is 2.79. The minimum Gasteiger partial charge on any atom is -0.334 e. The van der Waals surface area contributed by atoms with Crippen molar-refractivity contribution in [1.82, 2.24) is 15.5 Å². The van der Waals surface area contributed by atoms with E-state index in [2.05, 4.69) is 39.0 Å². The molecule has 0 aliphatic carbocycles. The SMILES string of the molecule is O=C(NCc1cccc2ccccc12)Nc1ccc2cn[nH]c2c1. The number of carbonyl (C=O) groups excluding carboxylic acids is 1. The molecule has 0 aliphatic heterocycles. The lowest BCUT2D eigenvalue weighted by Crippen LogP contribution is -2.28. The van der Waals surface area contributed by atoms with Gasteiger partial charge in [0.05, 0.1) is 11.7 Å². The van der Waals surface area contributed by atoms with Crippen LogP contribution in [0, 0.1) is 0 Å². The van der Waals surface area contributed by atoms with Gasteiger partial charge in [-0.3, -0.25) is 5.10 Å². The summed E-state index contributed by atoms with van der Waals surface area (Å²) in [4.78, 5) is 12.1.